The Balaban J connectivity index is 1.61. The number of ether oxygens (including phenoxy) is 1. The quantitative estimate of drug-likeness (QED) is 0.635. The summed E-state index contributed by atoms with van der Waals surface area (Å²) in [5.74, 6) is -1.65. The lowest BCUT2D eigenvalue weighted by molar-refractivity contribution is -0.155. The average molecular weight is 359 g/mol. The van der Waals surface area contributed by atoms with Crippen molar-refractivity contribution in [1.29, 1.82) is 0 Å². The molecule has 8 nitrogen and oxygen atoms in total. The summed E-state index contributed by atoms with van der Waals surface area (Å²) in [5.41, 5.74) is 0.829. The molecule has 2 aliphatic heterocycles. The Labute approximate surface area is 151 Å². The van der Waals surface area contributed by atoms with Crippen LogP contribution in [0, 0.1) is 0 Å². The molecule has 4 amide bonds. The number of para-hydroxylation sites is 1. The van der Waals surface area contributed by atoms with Gasteiger partial charge >= 0.3 is 12.0 Å². The zero-order valence-electron chi connectivity index (χ0n) is 14.9. The van der Waals surface area contributed by atoms with Gasteiger partial charge in [-0.2, -0.15) is 0 Å². The number of urea groups is 1. The van der Waals surface area contributed by atoms with E-state index in [0.29, 0.717) is 6.54 Å². The highest BCUT2D eigenvalue weighted by Crippen LogP contribution is 2.28. The summed E-state index contributed by atoms with van der Waals surface area (Å²) >= 11 is 0. The molecule has 26 heavy (non-hydrogen) atoms. The van der Waals surface area contributed by atoms with Gasteiger partial charge in [0, 0.05) is 12.2 Å². The Hall–Kier alpha value is -2.90. The van der Waals surface area contributed by atoms with Gasteiger partial charge in [-0.05, 0) is 38.8 Å². The summed E-state index contributed by atoms with van der Waals surface area (Å²) in [6.07, 6.45) is -0.262. The standard InChI is InChI=1S/C18H21N3O5/c1-11(15(23)20-9-8-12-6-4-5-7-13(12)20)26-14(22)10-21-16(24)18(2,3)19-17(21)25/h4-7,11H,8-10H2,1-3H3,(H,19,25)/t11-/m0/s1. The minimum atomic E-state index is -1.06. The number of nitrogens with zero attached hydrogens (tertiary/aromatic N) is 2. The second kappa shape index (κ2) is 6.44. The molecule has 1 fully saturated rings. The van der Waals surface area contributed by atoms with Crippen LogP contribution < -0.4 is 10.2 Å². The molecule has 0 aliphatic carbocycles. The third-order valence-corrected chi connectivity index (χ3v) is 4.54. The van der Waals surface area contributed by atoms with Gasteiger partial charge in [-0.15, -0.1) is 0 Å². The van der Waals surface area contributed by atoms with Crippen LogP contribution in [0.25, 0.3) is 0 Å². The van der Waals surface area contributed by atoms with Crippen molar-refractivity contribution in [2.75, 3.05) is 18.0 Å². The molecule has 2 aliphatic rings. The van der Waals surface area contributed by atoms with Gasteiger partial charge in [0.15, 0.2) is 6.10 Å². The molecule has 138 valence electrons. The van der Waals surface area contributed by atoms with Crippen molar-refractivity contribution in [1.82, 2.24) is 10.2 Å². The third-order valence-electron chi connectivity index (χ3n) is 4.54. The van der Waals surface area contributed by atoms with Gasteiger partial charge in [-0.1, -0.05) is 18.2 Å². The van der Waals surface area contributed by atoms with Crippen molar-refractivity contribution >= 4 is 29.5 Å². The smallest absolute Gasteiger partial charge is 0.327 e. The monoisotopic (exact) mass is 359 g/mol. The van der Waals surface area contributed by atoms with E-state index in [0.717, 1.165) is 22.6 Å². The van der Waals surface area contributed by atoms with Crippen molar-refractivity contribution in [3.8, 4) is 0 Å². The van der Waals surface area contributed by atoms with Gasteiger partial charge in [0.1, 0.15) is 12.1 Å². The number of fused-ring (bicyclic) bond motifs is 1. The number of hydrogen-bond donors (Lipinski definition) is 1. The van der Waals surface area contributed by atoms with E-state index in [2.05, 4.69) is 5.32 Å². The zero-order chi connectivity index (χ0) is 19.1. The molecule has 0 bridgehead atoms. The molecule has 1 saturated heterocycles. The van der Waals surface area contributed by atoms with Crippen LogP contribution in [0.3, 0.4) is 0 Å². The summed E-state index contributed by atoms with van der Waals surface area (Å²) in [7, 11) is 0. The van der Waals surface area contributed by atoms with Crippen molar-refractivity contribution in [2.24, 2.45) is 0 Å². The first-order valence-electron chi connectivity index (χ1n) is 8.43. The lowest BCUT2D eigenvalue weighted by Gasteiger charge is -2.22. The molecule has 0 unspecified atom stereocenters. The molecule has 0 aromatic heterocycles. The first kappa shape index (κ1) is 17.9. The van der Waals surface area contributed by atoms with E-state index in [1.807, 2.05) is 24.3 Å². The molecule has 2 heterocycles. The maximum absolute atomic E-state index is 12.6. The number of rotatable bonds is 4. The topological polar surface area (TPSA) is 96.0 Å². The Bertz CT molecular complexity index is 789. The van der Waals surface area contributed by atoms with E-state index < -0.39 is 36.1 Å². The van der Waals surface area contributed by atoms with Crippen LogP contribution in [0.5, 0.6) is 0 Å². The molecular weight excluding hydrogens is 338 g/mol. The van der Waals surface area contributed by atoms with Crippen molar-refractivity contribution in [3.63, 3.8) is 0 Å². The molecule has 1 aromatic rings. The molecular formula is C18H21N3O5. The second-order valence-electron chi connectivity index (χ2n) is 6.95. The number of carbonyl (C=O) groups is 4. The van der Waals surface area contributed by atoms with Gasteiger partial charge in [0.2, 0.25) is 0 Å². The Morgan fingerprint density at radius 1 is 1.27 bits per heavy atom. The number of esters is 1. The van der Waals surface area contributed by atoms with Gasteiger partial charge < -0.3 is 15.0 Å². The van der Waals surface area contributed by atoms with Crippen LogP contribution in [0.1, 0.15) is 26.3 Å². The Kier molecular flexibility index (Phi) is 4.43. The molecule has 1 aromatic carbocycles. The molecule has 1 atom stereocenters. The van der Waals surface area contributed by atoms with E-state index in [1.165, 1.54) is 6.92 Å². The van der Waals surface area contributed by atoms with Crippen LogP contribution in [-0.4, -0.2) is 53.4 Å². The molecule has 8 heteroatoms. The number of imide groups is 1. The maximum Gasteiger partial charge on any atom is 0.327 e. The lowest BCUT2D eigenvalue weighted by Crippen LogP contribution is -2.43. The third kappa shape index (κ3) is 3.14. The van der Waals surface area contributed by atoms with Crippen LogP contribution in [0.15, 0.2) is 24.3 Å². The molecule has 0 saturated carbocycles. The zero-order valence-corrected chi connectivity index (χ0v) is 14.9. The number of anilines is 1. The van der Waals surface area contributed by atoms with Gasteiger partial charge in [0.05, 0.1) is 0 Å². The SMILES string of the molecule is C[C@H](OC(=O)CN1C(=O)NC(C)(C)C1=O)C(=O)N1CCc2ccccc21. The first-order valence-corrected chi connectivity index (χ1v) is 8.43. The summed E-state index contributed by atoms with van der Waals surface area (Å²) in [4.78, 5) is 51.0. The predicted octanol–water partition coefficient (Wildman–Crippen LogP) is 0.838. The fourth-order valence-corrected chi connectivity index (χ4v) is 3.16. The van der Waals surface area contributed by atoms with Crippen LogP contribution in [0.2, 0.25) is 0 Å². The average Bonchev–Trinajstić information content (AvgIpc) is 3.08. The summed E-state index contributed by atoms with van der Waals surface area (Å²) in [6, 6.07) is 6.92. The molecule has 0 spiro atoms. The van der Waals surface area contributed by atoms with E-state index in [1.54, 1.807) is 18.7 Å². The van der Waals surface area contributed by atoms with Gasteiger partial charge in [-0.25, -0.2) is 4.79 Å². The fraction of sp³-hybridized carbons (Fsp3) is 0.444. The molecule has 0 radical (unpaired) electrons. The summed E-state index contributed by atoms with van der Waals surface area (Å²) in [5, 5.41) is 2.48. The lowest BCUT2D eigenvalue weighted by atomic mass is 10.1. The minimum absolute atomic E-state index is 0.333. The van der Waals surface area contributed by atoms with Crippen LogP contribution in [-0.2, 0) is 25.5 Å². The number of benzene rings is 1. The highest BCUT2D eigenvalue weighted by molar-refractivity contribution is 6.08. The normalized spacial score (nSPS) is 19.2. The highest BCUT2D eigenvalue weighted by Gasteiger charge is 2.45. The van der Waals surface area contributed by atoms with Gasteiger partial charge in [-0.3, -0.25) is 19.3 Å². The number of carbonyl (C=O) groups excluding carboxylic acids is 4. The Morgan fingerprint density at radius 2 is 1.96 bits per heavy atom. The van der Waals surface area contributed by atoms with Crippen molar-refractivity contribution < 1.29 is 23.9 Å². The van der Waals surface area contributed by atoms with E-state index in [-0.39, 0.29) is 5.91 Å². The van der Waals surface area contributed by atoms with Crippen molar-refractivity contribution in [3.05, 3.63) is 29.8 Å². The minimum Gasteiger partial charge on any atom is -0.451 e. The van der Waals surface area contributed by atoms with Crippen molar-refractivity contribution in [2.45, 2.75) is 38.8 Å². The second-order valence-corrected chi connectivity index (χ2v) is 6.95. The van der Waals surface area contributed by atoms with E-state index in [9.17, 15) is 19.2 Å². The first-order chi connectivity index (χ1) is 12.2. The fourth-order valence-electron chi connectivity index (χ4n) is 3.16. The summed E-state index contributed by atoms with van der Waals surface area (Å²) < 4.78 is 5.16. The summed E-state index contributed by atoms with van der Waals surface area (Å²) in [6.45, 7) is 4.59. The number of amides is 4. The molecule has 1 N–H and O–H groups in total. The molecule has 3 rings (SSSR count). The highest BCUT2D eigenvalue weighted by atomic mass is 16.5. The van der Waals surface area contributed by atoms with E-state index in [4.69, 9.17) is 4.74 Å². The number of nitrogens with one attached hydrogen (secondary N) is 1. The maximum atomic E-state index is 12.6. The Morgan fingerprint density at radius 3 is 2.62 bits per heavy atom. The largest absolute Gasteiger partial charge is 0.451 e. The van der Waals surface area contributed by atoms with Crippen LogP contribution in [0.4, 0.5) is 10.5 Å². The number of hydrogen-bond acceptors (Lipinski definition) is 5. The van der Waals surface area contributed by atoms with Crippen LogP contribution >= 0.6 is 0 Å². The van der Waals surface area contributed by atoms with E-state index >= 15 is 0 Å². The predicted molar refractivity (Wildman–Crippen MR) is 92.4 cm³/mol. The van der Waals surface area contributed by atoms with Gasteiger partial charge in [0.25, 0.3) is 11.8 Å².